The Bertz CT molecular complexity index is 532. The zero-order valence-corrected chi connectivity index (χ0v) is 12.1. The van der Waals surface area contributed by atoms with Gasteiger partial charge in [0.15, 0.2) is 0 Å². The maximum absolute atomic E-state index is 11.8. The molecular formula is C13H16ClN3O4. The van der Waals surface area contributed by atoms with Crippen molar-refractivity contribution in [3.8, 4) is 0 Å². The maximum atomic E-state index is 11.8. The molecule has 1 heterocycles. The van der Waals surface area contributed by atoms with Gasteiger partial charge in [-0.2, -0.15) is 0 Å². The number of nitro benzene ring substituents is 1. The van der Waals surface area contributed by atoms with Crippen LogP contribution in [0.4, 0.5) is 5.69 Å². The molecule has 114 valence electrons. The van der Waals surface area contributed by atoms with E-state index < -0.39 is 4.92 Å². The van der Waals surface area contributed by atoms with Crippen LogP contribution in [-0.2, 0) is 16.1 Å². The van der Waals surface area contributed by atoms with E-state index in [0.717, 1.165) is 6.54 Å². The lowest BCUT2D eigenvalue weighted by atomic mass is 10.1. The summed E-state index contributed by atoms with van der Waals surface area (Å²) in [5, 5.41) is 17.0. The van der Waals surface area contributed by atoms with E-state index in [1.807, 2.05) is 0 Å². The van der Waals surface area contributed by atoms with Crippen LogP contribution in [0.5, 0.6) is 0 Å². The van der Waals surface area contributed by atoms with Gasteiger partial charge in [0.05, 0.1) is 18.1 Å². The van der Waals surface area contributed by atoms with E-state index in [0.29, 0.717) is 30.2 Å². The monoisotopic (exact) mass is 313 g/mol. The molecule has 1 fully saturated rings. The quantitative estimate of drug-likeness (QED) is 0.630. The molecule has 1 aliphatic heterocycles. The third-order valence-corrected chi connectivity index (χ3v) is 3.52. The van der Waals surface area contributed by atoms with Crippen LogP contribution >= 0.6 is 11.6 Å². The van der Waals surface area contributed by atoms with Crippen molar-refractivity contribution in [2.45, 2.75) is 19.0 Å². The van der Waals surface area contributed by atoms with Gasteiger partial charge in [-0.1, -0.05) is 11.6 Å². The van der Waals surface area contributed by atoms with Gasteiger partial charge >= 0.3 is 0 Å². The first-order valence-corrected chi connectivity index (χ1v) is 6.94. The van der Waals surface area contributed by atoms with Crippen LogP contribution in [0.25, 0.3) is 0 Å². The van der Waals surface area contributed by atoms with Gasteiger partial charge in [0.1, 0.15) is 0 Å². The summed E-state index contributed by atoms with van der Waals surface area (Å²) in [6.45, 7) is 2.05. The van der Waals surface area contributed by atoms with Crippen molar-refractivity contribution in [2.75, 3.05) is 19.8 Å². The molecule has 7 nitrogen and oxygen atoms in total. The number of halogens is 1. The number of amides is 1. The van der Waals surface area contributed by atoms with Gasteiger partial charge in [0.2, 0.25) is 5.91 Å². The summed E-state index contributed by atoms with van der Waals surface area (Å²) in [5.74, 6) is -0.152. The average Bonchev–Trinajstić information content (AvgIpc) is 2.47. The van der Waals surface area contributed by atoms with E-state index in [9.17, 15) is 14.9 Å². The second-order valence-corrected chi connectivity index (χ2v) is 5.15. The van der Waals surface area contributed by atoms with Gasteiger partial charge in [-0.05, 0) is 11.6 Å². The number of hydrogen-bond donors (Lipinski definition) is 2. The summed E-state index contributed by atoms with van der Waals surface area (Å²) in [5.41, 5.74) is 0.470. The third-order valence-electron chi connectivity index (χ3n) is 3.15. The summed E-state index contributed by atoms with van der Waals surface area (Å²) in [7, 11) is 0. The number of carbonyl (C=O) groups is 1. The highest BCUT2D eigenvalue weighted by molar-refractivity contribution is 6.31. The van der Waals surface area contributed by atoms with Crippen LogP contribution in [0.3, 0.4) is 0 Å². The third kappa shape index (κ3) is 4.66. The molecule has 21 heavy (non-hydrogen) atoms. The number of rotatable bonds is 5. The maximum Gasteiger partial charge on any atom is 0.269 e. The van der Waals surface area contributed by atoms with E-state index in [4.69, 9.17) is 16.3 Å². The van der Waals surface area contributed by atoms with Crippen molar-refractivity contribution < 1.29 is 14.5 Å². The standard InChI is InChI=1S/C13H16ClN3O4/c14-12-2-1-11(17(19)20)5-9(12)7-16-13(18)6-10-8-21-4-3-15-10/h1-2,5,10,15H,3-4,6-8H2,(H,16,18). The van der Waals surface area contributed by atoms with Gasteiger partial charge < -0.3 is 15.4 Å². The molecule has 0 saturated carbocycles. The van der Waals surface area contributed by atoms with Gasteiger partial charge in [-0.3, -0.25) is 14.9 Å². The summed E-state index contributed by atoms with van der Waals surface area (Å²) >= 11 is 5.97. The summed E-state index contributed by atoms with van der Waals surface area (Å²) in [6, 6.07) is 4.15. The largest absolute Gasteiger partial charge is 0.378 e. The van der Waals surface area contributed by atoms with Crippen LogP contribution in [0.2, 0.25) is 5.02 Å². The van der Waals surface area contributed by atoms with E-state index >= 15 is 0 Å². The topological polar surface area (TPSA) is 93.5 Å². The van der Waals surface area contributed by atoms with Crippen LogP contribution < -0.4 is 10.6 Å². The van der Waals surface area contributed by atoms with Crippen LogP contribution in [0.1, 0.15) is 12.0 Å². The second kappa shape index (κ2) is 7.35. The number of benzene rings is 1. The normalized spacial score (nSPS) is 18.2. The summed E-state index contributed by atoms with van der Waals surface area (Å²) in [6.07, 6.45) is 0.298. The zero-order chi connectivity index (χ0) is 15.2. The Morgan fingerprint density at radius 1 is 1.57 bits per heavy atom. The highest BCUT2D eigenvalue weighted by atomic mass is 35.5. The lowest BCUT2D eigenvalue weighted by Crippen LogP contribution is -2.44. The first kappa shape index (κ1) is 15.7. The Balaban J connectivity index is 1.88. The van der Waals surface area contributed by atoms with Crippen molar-refractivity contribution in [3.63, 3.8) is 0 Å². The van der Waals surface area contributed by atoms with Crippen LogP contribution in [0, 0.1) is 10.1 Å². The summed E-state index contributed by atoms with van der Waals surface area (Å²) < 4.78 is 5.27. The molecule has 0 radical (unpaired) electrons. The Labute approximate surface area is 126 Å². The highest BCUT2D eigenvalue weighted by Crippen LogP contribution is 2.21. The lowest BCUT2D eigenvalue weighted by molar-refractivity contribution is -0.384. The Morgan fingerprint density at radius 3 is 3.05 bits per heavy atom. The molecule has 1 atom stereocenters. The molecule has 1 aliphatic rings. The highest BCUT2D eigenvalue weighted by Gasteiger charge is 2.17. The number of ether oxygens (including phenoxy) is 1. The minimum atomic E-state index is -0.495. The molecule has 1 saturated heterocycles. The molecule has 0 bridgehead atoms. The molecular weight excluding hydrogens is 298 g/mol. The van der Waals surface area contributed by atoms with Crippen molar-refractivity contribution in [1.29, 1.82) is 0 Å². The number of carbonyl (C=O) groups excluding carboxylic acids is 1. The van der Waals surface area contributed by atoms with E-state index in [-0.39, 0.29) is 24.2 Å². The minimum absolute atomic E-state index is 0.000619. The number of nitrogens with one attached hydrogen (secondary N) is 2. The van der Waals surface area contributed by atoms with E-state index in [2.05, 4.69) is 10.6 Å². The smallest absolute Gasteiger partial charge is 0.269 e. The Kier molecular flexibility index (Phi) is 5.49. The van der Waals surface area contributed by atoms with Gasteiger partial charge in [0.25, 0.3) is 5.69 Å². The SMILES string of the molecule is O=C(CC1COCCN1)NCc1cc([N+](=O)[O-])ccc1Cl. The van der Waals surface area contributed by atoms with Crippen molar-refractivity contribution in [3.05, 3.63) is 38.9 Å². The molecule has 2 N–H and O–H groups in total. The number of nitro groups is 1. The first-order valence-electron chi connectivity index (χ1n) is 6.57. The number of morpholine rings is 1. The molecule has 0 spiro atoms. The van der Waals surface area contributed by atoms with Crippen molar-refractivity contribution in [1.82, 2.24) is 10.6 Å². The Morgan fingerprint density at radius 2 is 2.38 bits per heavy atom. The van der Waals surface area contributed by atoms with E-state index in [1.54, 1.807) is 0 Å². The molecule has 0 aromatic heterocycles. The molecule has 1 aromatic carbocycles. The number of nitrogens with zero attached hydrogens (tertiary/aromatic N) is 1. The second-order valence-electron chi connectivity index (χ2n) is 4.74. The minimum Gasteiger partial charge on any atom is -0.378 e. The fraction of sp³-hybridized carbons (Fsp3) is 0.462. The van der Waals surface area contributed by atoms with Crippen LogP contribution in [0.15, 0.2) is 18.2 Å². The average molecular weight is 314 g/mol. The fourth-order valence-electron chi connectivity index (χ4n) is 2.05. The molecule has 1 amide bonds. The van der Waals surface area contributed by atoms with Crippen molar-refractivity contribution in [2.24, 2.45) is 0 Å². The fourth-order valence-corrected chi connectivity index (χ4v) is 2.24. The van der Waals surface area contributed by atoms with Crippen molar-refractivity contribution >= 4 is 23.2 Å². The summed E-state index contributed by atoms with van der Waals surface area (Å²) in [4.78, 5) is 22.1. The predicted molar refractivity (Wildman–Crippen MR) is 77.2 cm³/mol. The predicted octanol–water partition coefficient (Wildman–Crippen LogP) is 1.24. The number of hydrogen-bond acceptors (Lipinski definition) is 5. The van der Waals surface area contributed by atoms with E-state index in [1.165, 1.54) is 18.2 Å². The zero-order valence-electron chi connectivity index (χ0n) is 11.3. The number of non-ortho nitro benzene ring substituents is 1. The molecule has 2 rings (SSSR count). The first-order chi connectivity index (χ1) is 10.1. The molecule has 0 aliphatic carbocycles. The molecule has 8 heteroatoms. The molecule has 1 aromatic rings. The van der Waals surface area contributed by atoms with Gasteiger partial charge in [-0.25, -0.2) is 0 Å². The Hall–Kier alpha value is -1.70. The lowest BCUT2D eigenvalue weighted by Gasteiger charge is -2.23. The molecule has 1 unspecified atom stereocenters. The van der Waals surface area contributed by atoms with Gasteiger partial charge in [-0.15, -0.1) is 0 Å². The van der Waals surface area contributed by atoms with Crippen LogP contribution in [-0.4, -0.2) is 36.6 Å². The van der Waals surface area contributed by atoms with Gasteiger partial charge in [0, 0.05) is 42.7 Å².